The number of fused-ring (bicyclic) bond motifs is 1. The molecule has 2 aromatic carbocycles. The van der Waals surface area contributed by atoms with Crippen LogP contribution in [0.15, 0.2) is 54.6 Å². The molecule has 1 N–H and O–H groups in total. The van der Waals surface area contributed by atoms with Crippen LogP contribution in [0.25, 0.3) is 0 Å². The molecule has 2 aromatic rings. The van der Waals surface area contributed by atoms with E-state index in [0.29, 0.717) is 5.92 Å². The Labute approximate surface area is 124 Å². The van der Waals surface area contributed by atoms with Gasteiger partial charge >= 0.3 is 0 Å². The molecule has 0 aliphatic carbocycles. The molecule has 0 saturated carbocycles. The van der Waals surface area contributed by atoms with Crippen LogP contribution in [-0.2, 0) is 0 Å². The van der Waals surface area contributed by atoms with Gasteiger partial charge < -0.3 is 10.1 Å². The second-order valence-electron chi connectivity index (χ2n) is 5.08. The lowest BCUT2D eigenvalue weighted by molar-refractivity contribution is 0.326. The van der Waals surface area contributed by atoms with Gasteiger partial charge in [-0.15, -0.1) is 11.6 Å². The molecule has 1 aliphatic rings. The van der Waals surface area contributed by atoms with E-state index in [1.165, 1.54) is 5.56 Å². The van der Waals surface area contributed by atoms with Crippen LogP contribution in [0.3, 0.4) is 0 Å². The Kier molecular flexibility index (Phi) is 4.24. The Morgan fingerprint density at radius 2 is 1.85 bits per heavy atom. The average Bonchev–Trinajstić information content (AvgIpc) is 2.92. The van der Waals surface area contributed by atoms with E-state index in [0.717, 1.165) is 31.0 Å². The van der Waals surface area contributed by atoms with Crippen LogP contribution in [0, 0.1) is 0 Å². The minimum absolute atomic E-state index is 0.00812. The Morgan fingerprint density at radius 1 is 1.10 bits per heavy atom. The smallest absolute Gasteiger partial charge is 0.122 e. The van der Waals surface area contributed by atoms with E-state index in [2.05, 4.69) is 29.6 Å². The van der Waals surface area contributed by atoms with Crippen molar-refractivity contribution in [1.29, 1.82) is 0 Å². The molecule has 0 saturated heterocycles. The predicted octanol–water partition coefficient (Wildman–Crippen LogP) is 3.73. The van der Waals surface area contributed by atoms with Crippen molar-refractivity contribution in [3.8, 4) is 5.75 Å². The van der Waals surface area contributed by atoms with E-state index in [9.17, 15) is 0 Å². The van der Waals surface area contributed by atoms with E-state index in [1.807, 2.05) is 30.3 Å². The minimum atomic E-state index is 0.00812. The lowest BCUT2D eigenvalue weighted by atomic mass is 10.0. The van der Waals surface area contributed by atoms with Crippen molar-refractivity contribution >= 4 is 11.6 Å². The second-order valence-corrected chi connectivity index (χ2v) is 5.61. The highest BCUT2D eigenvalue weighted by atomic mass is 35.5. The minimum Gasteiger partial charge on any atom is -0.493 e. The quantitative estimate of drug-likeness (QED) is 0.846. The molecule has 3 rings (SSSR count). The van der Waals surface area contributed by atoms with Crippen molar-refractivity contribution in [1.82, 2.24) is 5.32 Å². The van der Waals surface area contributed by atoms with Crippen LogP contribution in [0.2, 0.25) is 0 Å². The summed E-state index contributed by atoms with van der Waals surface area (Å²) in [6, 6.07) is 18.4. The Morgan fingerprint density at radius 3 is 2.70 bits per heavy atom. The molecule has 0 aromatic heterocycles. The maximum atomic E-state index is 6.40. The summed E-state index contributed by atoms with van der Waals surface area (Å²) in [7, 11) is 0. The van der Waals surface area contributed by atoms with Crippen LogP contribution in [-0.4, -0.2) is 19.7 Å². The summed E-state index contributed by atoms with van der Waals surface area (Å²) in [5, 5.41) is 3.46. The zero-order valence-corrected chi connectivity index (χ0v) is 12.0. The Bertz CT molecular complexity index is 558. The number of para-hydroxylation sites is 1. The Hall–Kier alpha value is -1.51. The van der Waals surface area contributed by atoms with Crippen LogP contribution < -0.4 is 10.1 Å². The van der Waals surface area contributed by atoms with Gasteiger partial charge in [-0.05, 0) is 11.6 Å². The van der Waals surface area contributed by atoms with E-state index < -0.39 is 0 Å². The lowest BCUT2D eigenvalue weighted by Crippen LogP contribution is -2.25. The first-order valence-electron chi connectivity index (χ1n) is 6.96. The van der Waals surface area contributed by atoms with Crippen molar-refractivity contribution in [3.63, 3.8) is 0 Å². The number of ether oxygens (including phenoxy) is 1. The summed E-state index contributed by atoms with van der Waals surface area (Å²) in [6.07, 6.45) is 0. The molecule has 0 amide bonds. The largest absolute Gasteiger partial charge is 0.493 e. The number of hydrogen-bond acceptors (Lipinski definition) is 2. The maximum Gasteiger partial charge on any atom is 0.122 e. The Balaban J connectivity index is 1.52. The maximum absolute atomic E-state index is 6.40. The van der Waals surface area contributed by atoms with Crippen molar-refractivity contribution < 1.29 is 4.74 Å². The molecule has 1 heterocycles. The highest BCUT2D eigenvalue weighted by Crippen LogP contribution is 2.32. The third kappa shape index (κ3) is 2.97. The number of rotatable bonds is 5. The SMILES string of the molecule is ClC(CNCC1COc2ccccc21)c1ccccc1. The summed E-state index contributed by atoms with van der Waals surface area (Å²) in [5.74, 6) is 1.44. The van der Waals surface area contributed by atoms with Gasteiger partial charge in [-0.25, -0.2) is 0 Å². The molecular weight excluding hydrogens is 270 g/mol. The summed E-state index contributed by atoms with van der Waals surface area (Å²) < 4.78 is 5.68. The molecule has 2 atom stereocenters. The molecule has 20 heavy (non-hydrogen) atoms. The first-order chi connectivity index (χ1) is 9.84. The highest BCUT2D eigenvalue weighted by Gasteiger charge is 2.23. The first kappa shape index (κ1) is 13.5. The van der Waals surface area contributed by atoms with Crippen molar-refractivity contribution in [2.24, 2.45) is 0 Å². The standard InChI is InChI=1S/C17H18ClNO/c18-16(13-6-2-1-3-7-13)11-19-10-14-12-20-17-9-5-4-8-15(14)17/h1-9,14,16,19H,10-12H2. The van der Waals surface area contributed by atoms with Crippen molar-refractivity contribution in [3.05, 3.63) is 65.7 Å². The molecule has 0 spiro atoms. The topological polar surface area (TPSA) is 21.3 Å². The van der Waals surface area contributed by atoms with E-state index in [-0.39, 0.29) is 5.38 Å². The predicted molar refractivity (Wildman–Crippen MR) is 82.6 cm³/mol. The molecule has 0 bridgehead atoms. The number of hydrogen-bond donors (Lipinski definition) is 1. The fourth-order valence-electron chi connectivity index (χ4n) is 2.56. The van der Waals surface area contributed by atoms with Gasteiger partial charge in [0.2, 0.25) is 0 Å². The summed E-state index contributed by atoms with van der Waals surface area (Å²) in [6.45, 7) is 2.42. The zero-order valence-electron chi connectivity index (χ0n) is 11.3. The van der Waals surface area contributed by atoms with Gasteiger partial charge in [-0.2, -0.15) is 0 Å². The van der Waals surface area contributed by atoms with E-state index in [4.69, 9.17) is 16.3 Å². The second kappa shape index (κ2) is 6.29. The molecule has 104 valence electrons. The number of benzene rings is 2. The van der Waals surface area contributed by atoms with Gasteiger partial charge in [0.1, 0.15) is 5.75 Å². The molecule has 2 nitrogen and oxygen atoms in total. The van der Waals surface area contributed by atoms with Gasteiger partial charge in [0.25, 0.3) is 0 Å². The van der Waals surface area contributed by atoms with Crippen LogP contribution >= 0.6 is 11.6 Å². The lowest BCUT2D eigenvalue weighted by Gasteiger charge is -2.14. The van der Waals surface area contributed by atoms with Gasteiger partial charge in [-0.1, -0.05) is 48.5 Å². The monoisotopic (exact) mass is 287 g/mol. The summed E-state index contributed by atoms with van der Waals surface area (Å²) in [5.41, 5.74) is 2.45. The van der Waals surface area contributed by atoms with Gasteiger partial charge in [0.15, 0.2) is 0 Å². The van der Waals surface area contributed by atoms with Gasteiger partial charge in [0, 0.05) is 24.6 Å². The van der Waals surface area contributed by atoms with Crippen LogP contribution in [0.1, 0.15) is 22.4 Å². The molecule has 0 radical (unpaired) electrons. The zero-order chi connectivity index (χ0) is 13.8. The van der Waals surface area contributed by atoms with Crippen molar-refractivity contribution in [2.45, 2.75) is 11.3 Å². The fourth-order valence-corrected chi connectivity index (χ4v) is 2.82. The molecule has 0 fully saturated rings. The van der Waals surface area contributed by atoms with E-state index in [1.54, 1.807) is 0 Å². The molecule has 3 heteroatoms. The number of halogens is 1. The third-order valence-electron chi connectivity index (χ3n) is 3.67. The molecule has 1 aliphatic heterocycles. The van der Waals surface area contributed by atoms with Gasteiger partial charge in [-0.3, -0.25) is 0 Å². The molecular formula is C17H18ClNO. The highest BCUT2D eigenvalue weighted by molar-refractivity contribution is 6.21. The fraction of sp³-hybridized carbons (Fsp3) is 0.294. The van der Waals surface area contributed by atoms with Crippen molar-refractivity contribution in [2.75, 3.05) is 19.7 Å². The third-order valence-corrected chi connectivity index (χ3v) is 4.08. The summed E-state index contributed by atoms with van der Waals surface area (Å²) >= 11 is 6.40. The average molecular weight is 288 g/mol. The number of alkyl halides is 1. The van der Waals surface area contributed by atoms with Crippen LogP contribution in [0.4, 0.5) is 0 Å². The summed E-state index contributed by atoms with van der Waals surface area (Å²) in [4.78, 5) is 0. The number of nitrogens with one attached hydrogen (secondary N) is 1. The van der Waals surface area contributed by atoms with E-state index >= 15 is 0 Å². The van der Waals surface area contributed by atoms with Crippen LogP contribution in [0.5, 0.6) is 5.75 Å². The molecule has 2 unspecified atom stereocenters. The first-order valence-corrected chi connectivity index (χ1v) is 7.39. The normalized spacial score (nSPS) is 18.4. The van der Waals surface area contributed by atoms with Gasteiger partial charge in [0.05, 0.1) is 12.0 Å².